The number of benzene rings is 2. The van der Waals surface area contributed by atoms with Gasteiger partial charge in [-0.05, 0) is 55.2 Å². The average molecular weight is 470 g/mol. The van der Waals surface area contributed by atoms with Crippen molar-refractivity contribution in [3.8, 4) is 0 Å². The molecule has 0 saturated heterocycles. The summed E-state index contributed by atoms with van der Waals surface area (Å²) in [6, 6.07) is 11.8. The lowest BCUT2D eigenvalue weighted by Crippen LogP contribution is -2.51. The average Bonchev–Trinajstić information content (AvgIpc) is 2.71. The van der Waals surface area contributed by atoms with E-state index in [9.17, 15) is 9.59 Å². The number of rotatable bonds is 9. The Hall–Kier alpha value is -1.75. The highest BCUT2D eigenvalue weighted by molar-refractivity contribution is 6.36. The predicted molar refractivity (Wildman–Crippen MR) is 124 cm³/mol. The molecule has 0 aliphatic heterocycles. The highest BCUT2D eigenvalue weighted by atomic mass is 35.5. The number of hydrogen-bond donors (Lipinski definition) is 1. The van der Waals surface area contributed by atoms with E-state index < -0.39 is 6.04 Å². The summed E-state index contributed by atoms with van der Waals surface area (Å²) in [5.41, 5.74) is 1.44. The first-order valence-electron chi connectivity index (χ1n) is 10.0. The fourth-order valence-corrected chi connectivity index (χ4v) is 3.76. The zero-order chi connectivity index (χ0) is 22.3. The molecule has 30 heavy (non-hydrogen) atoms. The van der Waals surface area contributed by atoms with Crippen LogP contribution in [0.25, 0.3) is 0 Å². The minimum absolute atomic E-state index is 0.0131. The van der Waals surface area contributed by atoms with Crippen LogP contribution in [0.5, 0.6) is 0 Å². The predicted octanol–water partition coefficient (Wildman–Crippen LogP) is 5.91. The quantitative estimate of drug-likeness (QED) is 0.496. The van der Waals surface area contributed by atoms with Crippen molar-refractivity contribution in [1.82, 2.24) is 10.2 Å². The van der Waals surface area contributed by atoms with Crippen LogP contribution in [0.15, 0.2) is 42.5 Å². The van der Waals surface area contributed by atoms with Gasteiger partial charge in [0.1, 0.15) is 6.04 Å². The first kappa shape index (κ1) is 24.5. The summed E-state index contributed by atoms with van der Waals surface area (Å²) < 4.78 is 0. The van der Waals surface area contributed by atoms with Crippen LogP contribution in [0.1, 0.15) is 44.7 Å². The Kier molecular flexibility index (Phi) is 9.47. The first-order valence-corrected chi connectivity index (χ1v) is 11.2. The highest BCUT2D eigenvalue weighted by Crippen LogP contribution is 2.26. The third-order valence-electron chi connectivity index (χ3n) is 5.04. The summed E-state index contributed by atoms with van der Waals surface area (Å²) in [5.74, 6) is -0.384. The number of carbonyl (C=O) groups excluding carboxylic acids is 2. The minimum Gasteiger partial charge on any atom is -0.352 e. The molecule has 2 aromatic rings. The zero-order valence-corrected chi connectivity index (χ0v) is 19.7. The van der Waals surface area contributed by atoms with E-state index in [0.717, 1.165) is 12.0 Å². The Balaban J connectivity index is 2.34. The molecule has 162 valence electrons. The molecule has 0 radical (unpaired) electrons. The van der Waals surface area contributed by atoms with Gasteiger partial charge in [0, 0.05) is 27.7 Å². The summed E-state index contributed by atoms with van der Waals surface area (Å²) in [6.07, 6.45) is 1.31. The van der Waals surface area contributed by atoms with Crippen LogP contribution in [0, 0.1) is 0 Å². The van der Waals surface area contributed by atoms with E-state index in [-0.39, 0.29) is 30.8 Å². The normalized spacial score (nSPS) is 12.9. The maximum Gasteiger partial charge on any atom is 0.243 e. The van der Waals surface area contributed by atoms with Crippen molar-refractivity contribution >= 4 is 46.6 Å². The first-order chi connectivity index (χ1) is 14.3. The number of hydrogen-bond acceptors (Lipinski definition) is 2. The van der Waals surface area contributed by atoms with Gasteiger partial charge in [-0.15, -0.1) is 0 Å². The molecule has 2 amide bonds. The maximum absolute atomic E-state index is 13.4. The monoisotopic (exact) mass is 468 g/mol. The molecule has 0 aliphatic rings. The molecule has 2 rings (SSSR count). The summed E-state index contributed by atoms with van der Waals surface area (Å²) in [7, 11) is 0. The topological polar surface area (TPSA) is 49.4 Å². The van der Waals surface area contributed by atoms with Crippen molar-refractivity contribution in [2.45, 2.75) is 58.7 Å². The molecule has 0 fully saturated rings. The van der Waals surface area contributed by atoms with Crippen LogP contribution in [0.2, 0.25) is 15.1 Å². The summed E-state index contributed by atoms with van der Waals surface area (Å²) >= 11 is 18.5. The molecule has 2 aromatic carbocycles. The van der Waals surface area contributed by atoms with Crippen LogP contribution in [-0.2, 0) is 22.6 Å². The molecule has 2 atom stereocenters. The standard InChI is InChI=1S/C23H27Cl3N2O2/c1-4-15(3)27-23(30)21(5-2)28(14-16-9-11-17(24)12-10-16)22(29)13-18-19(25)7-6-8-20(18)26/h6-12,15,21H,4-5,13-14H2,1-3H3,(H,27,30)/t15-,21-/m1/s1. The van der Waals surface area contributed by atoms with Crippen LogP contribution in [0.3, 0.4) is 0 Å². The van der Waals surface area contributed by atoms with Gasteiger partial charge in [0.05, 0.1) is 6.42 Å². The van der Waals surface area contributed by atoms with E-state index in [4.69, 9.17) is 34.8 Å². The molecule has 0 spiro atoms. The van der Waals surface area contributed by atoms with Gasteiger partial charge in [-0.2, -0.15) is 0 Å². The van der Waals surface area contributed by atoms with Gasteiger partial charge in [0.2, 0.25) is 11.8 Å². The second kappa shape index (κ2) is 11.6. The Morgan fingerprint density at radius 3 is 2.10 bits per heavy atom. The molecule has 0 bridgehead atoms. The van der Waals surface area contributed by atoms with Crippen molar-refractivity contribution in [1.29, 1.82) is 0 Å². The third kappa shape index (κ3) is 6.63. The summed E-state index contributed by atoms with van der Waals surface area (Å²) in [5, 5.41) is 4.46. The molecule has 0 unspecified atom stereocenters. The molecule has 0 heterocycles. The van der Waals surface area contributed by atoms with E-state index in [2.05, 4.69) is 5.32 Å². The Morgan fingerprint density at radius 2 is 1.57 bits per heavy atom. The SMILES string of the molecule is CC[C@@H](C)NC(=O)[C@@H](CC)N(Cc1ccc(Cl)cc1)C(=O)Cc1c(Cl)cccc1Cl. The number of nitrogens with one attached hydrogen (secondary N) is 1. The molecular formula is C23H27Cl3N2O2. The van der Waals surface area contributed by atoms with Gasteiger partial charge in [0.15, 0.2) is 0 Å². The van der Waals surface area contributed by atoms with Crippen LogP contribution in [0.4, 0.5) is 0 Å². The van der Waals surface area contributed by atoms with Crippen LogP contribution >= 0.6 is 34.8 Å². The fraction of sp³-hybridized carbons (Fsp3) is 0.391. The number of carbonyl (C=O) groups is 2. The van der Waals surface area contributed by atoms with Crippen LogP contribution < -0.4 is 5.32 Å². The summed E-state index contributed by atoms with van der Waals surface area (Å²) in [6.45, 7) is 6.12. The van der Waals surface area contributed by atoms with E-state index in [1.165, 1.54) is 0 Å². The van der Waals surface area contributed by atoms with Gasteiger partial charge in [-0.1, -0.05) is 66.8 Å². The molecule has 1 N–H and O–H groups in total. The molecular weight excluding hydrogens is 443 g/mol. The highest BCUT2D eigenvalue weighted by Gasteiger charge is 2.30. The summed E-state index contributed by atoms with van der Waals surface area (Å²) in [4.78, 5) is 27.9. The lowest BCUT2D eigenvalue weighted by atomic mass is 10.1. The lowest BCUT2D eigenvalue weighted by Gasteiger charge is -2.31. The van der Waals surface area contributed by atoms with Gasteiger partial charge in [-0.25, -0.2) is 0 Å². The van der Waals surface area contributed by atoms with Crippen molar-refractivity contribution in [2.24, 2.45) is 0 Å². The Labute approximate surface area is 193 Å². The number of halogens is 3. The molecule has 7 heteroatoms. The minimum atomic E-state index is -0.608. The largest absolute Gasteiger partial charge is 0.352 e. The van der Waals surface area contributed by atoms with Gasteiger partial charge in [0.25, 0.3) is 0 Å². The Bertz CT molecular complexity index is 851. The van der Waals surface area contributed by atoms with E-state index in [1.807, 2.05) is 32.9 Å². The van der Waals surface area contributed by atoms with Gasteiger partial charge >= 0.3 is 0 Å². The molecule has 0 saturated carbocycles. The second-order valence-electron chi connectivity index (χ2n) is 7.27. The van der Waals surface area contributed by atoms with E-state index >= 15 is 0 Å². The maximum atomic E-state index is 13.4. The lowest BCUT2D eigenvalue weighted by molar-refractivity contribution is -0.141. The smallest absolute Gasteiger partial charge is 0.243 e. The molecule has 4 nitrogen and oxygen atoms in total. The Morgan fingerprint density at radius 1 is 0.967 bits per heavy atom. The van der Waals surface area contributed by atoms with Crippen molar-refractivity contribution in [3.63, 3.8) is 0 Å². The van der Waals surface area contributed by atoms with E-state index in [1.54, 1.807) is 35.2 Å². The van der Waals surface area contributed by atoms with Crippen molar-refractivity contribution < 1.29 is 9.59 Å². The van der Waals surface area contributed by atoms with Gasteiger partial charge < -0.3 is 10.2 Å². The van der Waals surface area contributed by atoms with Crippen molar-refractivity contribution in [3.05, 3.63) is 68.7 Å². The molecule has 0 aliphatic carbocycles. The van der Waals surface area contributed by atoms with E-state index in [0.29, 0.717) is 27.1 Å². The third-order valence-corrected chi connectivity index (χ3v) is 6.00. The zero-order valence-electron chi connectivity index (χ0n) is 17.4. The fourth-order valence-electron chi connectivity index (χ4n) is 3.10. The van der Waals surface area contributed by atoms with Gasteiger partial charge in [-0.3, -0.25) is 9.59 Å². The number of amides is 2. The second-order valence-corrected chi connectivity index (χ2v) is 8.52. The number of nitrogens with zero attached hydrogens (tertiary/aromatic N) is 1. The van der Waals surface area contributed by atoms with Crippen molar-refractivity contribution in [2.75, 3.05) is 0 Å². The van der Waals surface area contributed by atoms with Crippen LogP contribution in [-0.4, -0.2) is 28.8 Å². The molecule has 0 aromatic heterocycles.